The van der Waals surface area contributed by atoms with Crippen molar-refractivity contribution in [3.8, 4) is 11.3 Å². The van der Waals surface area contributed by atoms with Crippen molar-refractivity contribution < 1.29 is 13.9 Å². The Kier molecular flexibility index (Phi) is 5.34. The van der Waals surface area contributed by atoms with E-state index in [0.29, 0.717) is 34.7 Å². The van der Waals surface area contributed by atoms with Crippen LogP contribution < -0.4 is 4.90 Å². The van der Waals surface area contributed by atoms with E-state index in [1.165, 1.54) is 19.2 Å². The van der Waals surface area contributed by atoms with Gasteiger partial charge in [0.25, 0.3) is 0 Å². The van der Waals surface area contributed by atoms with Gasteiger partial charge in [-0.15, -0.1) is 0 Å². The van der Waals surface area contributed by atoms with Gasteiger partial charge in [0, 0.05) is 18.8 Å². The largest absolute Gasteiger partial charge is 0.465 e. The number of methoxy groups -OCH3 is 1. The van der Waals surface area contributed by atoms with E-state index >= 15 is 0 Å². The predicted octanol–water partition coefficient (Wildman–Crippen LogP) is 4.25. The lowest BCUT2D eigenvalue weighted by Gasteiger charge is -2.21. The summed E-state index contributed by atoms with van der Waals surface area (Å²) in [5.41, 5.74) is 3.81. The van der Waals surface area contributed by atoms with Gasteiger partial charge in [0.05, 0.1) is 35.9 Å². The molecule has 0 fully saturated rings. The molecule has 7 heteroatoms. The first-order chi connectivity index (χ1) is 14.5. The molecule has 0 saturated carbocycles. The van der Waals surface area contributed by atoms with E-state index in [2.05, 4.69) is 4.98 Å². The van der Waals surface area contributed by atoms with Gasteiger partial charge in [0.15, 0.2) is 5.82 Å². The van der Waals surface area contributed by atoms with Crippen molar-refractivity contribution in [1.29, 1.82) is 0 Å². The number of hydrogen-bond acceptors (Lipinski definition) is 6. The average Bonchev–Trinajstić information content (AvgIpc) is 2.78. The number of rotatable bonds is 5. The molecule has 6 nitrogen and oxygen atoms in total. The second-order valence-electron chi connectivity index (χ2n) is 6.77. The normalized spacial score (nSPS) is 10.8. The van der Waals surface area contributed by atoms with E-state index in [9.17, 15) is 9.18 Å². The molecular formula is C23H19FN4O2. The molecule has 0 atom stereocenters. The van der Waals surface area contributed by atoms with Gasteiger partial charge in [-0.25, -0.2) is 19.2 Å². The van der Waals surface area contributed by atoms with Crippen LogP contribution in [0.1, 0.15) is 16.1 Å². The highest BCUT2D eigenvalue weighted by Gasteiger charge is 2.17. The quantitative estimate of drug-likeness (QED) is 0.465. The molecular weight excluding hydrogens is 383 g/mol. The van der Waals surface area contributed by atoms with Crippen molar-refractivity contribution in [2.75, 3.05) is 19.1 Å². The number of esters is 1. The first kappa shape index (κ1) is 19.4. The summed E-state index contributed by atoms with van der Waals surface area (Å²) in [6.07, 6.45) is 1.73. The van der Waals surface area contributed by atoms with E-state index in [0.717, 1.165) is 11.3 Å². The number of hydrogen-bond donors (Lipinski definition) is 0. The zero-order valence-corrected chi connectivity index (χ0v) is 16.5. The van der Waals surface area contributed by atoms with Gasteiger partial charge in [-0.1, -0.05) is 6.07 Å². The van der Waals surface area contributed by atoms with E-state index < -0.39 is 5.97 Å². The number of halogens is 1. The molecule has 4 aromatic rings. The molecule has 2 aromatic carbocycles. The van der Waals surface area contributed by atoms with Crippen LogP contribution in [0.15, 0.2) is 66.9 Å². The second-order valence-corrected chi connectivity index (χ2v) is 6.77. The Morgan fingerprint density at radius 2 is 1.83 bits per heavy atom. The van der Waals surface area contributed by atoms with E-state index in [1.807, 2.05) is 30.1 Å². The van der Waals surface area contributed by atoms with Crippen LogP contribution in [0.5, 0.6) is 0 Å². The van der Waals surface area contributed by atoms with Crippen LogP contribution in [-0.4, -0.2) is 35.1 Å². The molecule has 2 heterocycles. The molecule has 0 radical (unpaired) electrons. The molecule has 0 aliphatic rings. The van der Waals surface area contributed by atoms with Crippen molar-refractivity contribution in [2.24, 2.45) is 0 Å². The van der Waals surface area contributed by atoms with Crippen molar-refractivity contribution in [1.82, 2.24) is 15.0 Å². The van der Waals surface area contributed by atoms with Gasteiger partial charge in [-0.3, -0.25) is 4.98 Å². The van der Waals surface area contributed by atoms with Gasteiger partial charge in [0.2, 0.25) is 0 Å². The van der Waals surface area contributed by atoms with Crippen molar-refractivity contribution in [3.05, 3.63) is 83.9 Å². The third-order valence-electron chi connectivity index (χ3n) is 4.67. The van der Waals surface area contributed by atoms with Gasteiger partial charge in [-0.05, 0) is 54.6 Å². The van der Waals surface area contributed by atoms with Crippen LogP contribution in [0.2, 0.25) is 0 Å². The molecule has 0 bridgehead atoms. The van der Waals surface area contributed by atoms with E-state index in [4.69, 9.17) is 14.7 Å². The summed E-state index contributed by atoms with van der Waals surface area (Å²) >= 11 is 0. The van der Waals surface area contributed by atoms with Crippen molar-refractivity contribution >= 4 is 22.8 Å². The fraction of sp³-hybridized carbons (Fsp3) is 0.130. The average molecular weight is 402 g/mol. The Balaban J connectivity index is 1.85. The maximum absolute atomic E-state index is 13.5. The third kappa shape index (κ3) is 3.96. The second kappa shape index (κ2) is 8.24. The predicted molar refractivity (Wildman–Crippen MR) is 113 cm³/mol. The first-order valence-corrected chi connectivity index (χ1v) is 9.32. The first-order valence-electron chi connectivity index (χ1n) is 9.32. The molecule has 30 heavy (non-hydrogen) atoms. The molecule has 0 unspecified atom stereocenters. The Bertz CT molecular complexity index is 1200. The fourth-order valence-electron chi connectivity index (χ4n) is 3.17. The summed E-state index contributed by atoms with van der Waals surface area (Å²) in [5, 5.41) is 0. The minimum Gasteiger partial charge on any atom is -0.465 e. The molecule has 0 spiro atoms. The van der Waals surface area contributed by atoms with Crippen LogP contribution >= 0.6 is 0 Å². The highest BCUT2D eigenvalue weighted by atomic mass is 19.1. The number of carbonyl (C=O) groups is 1. The van der Waals surface area contributed by atoms with Crippen molar-refractivity contribution in [2.45, 2.75) is 6.54 Å². The summed E-state index contributed by atoms with van der Waals surface area (Å²) < 4.78 is 18.3. The SMILES string of the molecule is COC(=O)c1ccc2nc(-c3ccc(F)cc3)c(N(C)Cc3ccccn3)nc2c1. The molecule has 0 saturated heterocycles. The molecule has 0 N–H and O–H groups in total. The summed E-state index contributed by atoms with van der Waals surface area (Å²) in [6, 6.07) is 16.9. The third-order valence-corrected chi connectivity index (χ3v) is 4.67. The number of aromatic nitrogens is 3. The monoisotopic (exact) mass is 402 g/mol. The Morgan fingerprint density at radius 1 is 1.03 bits per heavy atom. The van der Waals surface area contributed by atoms with Crippen LogP contribution in [0.4, 0.5) is 10.2 Å². The maximum atomic E-state index is 13.5. The summed E-state index contributed by atoms with van der Waals surface area (Å²) in [5.74, 6) is -0.162. The van der Waals surface area contributed by atoms with Crippen LogP contribution in [0.3, 0.4) is 0 Å². The lowest BCUT2D eigenvalue weighted by Crippen LogP contribution is -2.20. The zero-order valence-electron chi connectivity index (χ0n) is 16.5. The van der Waals surface area contributed by atoms with Gasteiger partial charge < -0.3 is 9.64 Å². The maximum Gasteiger partial charge on any atom is 0.337 e. The lowest BCUT2D eigenvalue weighted by molar-refractivity contribution is 0.0601. The van der Waals surface area contributed by atoms with Crippen LogP contribution in [0, 0.1) is 5.82 Å². The molecule has 4 rings (SSSR count). The fourth-order valence-corrected chi connectivity index (χ4v) is 3.17. The molecule has 0 aliphatic carbocycles. The number of fused-ring (bicyclic) bond motifs is 1. The molecule has 0 aliphatic heterocycles. The Labute approximate surface area is 173 Å². The minimum atomic E-state index is -0.440. The number of nitrogens with zero attached hydrogens (tertiary/aromatic N) is 4. The van der Waals surface area contributed by atoms with Crippen molar-refractivity contribution in [3.63, 3.8) is 0 Å². The lowest BCUT2D eigenvalue weighted by atomic mass is 10.1. The number of anilines is 1. The number of ether oxygens (including phenoxy) is 1. The summed E-state index contributed by atoms with van der Waals surface area (Å²) in [6.45, 7) is 0.506. The van der Waals surface area contributed by atoms with Crippen LogP contribution in [-0.2, 0) is 11.3 Å². The molecule has 0 amide bonds. The van der Waals surface area contributed by atoms with Gasteiger partial charge >= 0.3 is 5.97 Å². The number of pyridine rings is 1. The number of carbonyl (C=O) groups excluding carboxylic acids is 1. The van der Waals surface area contributed by atoms with Crippen LogP contribution in [0.25, 0.3) is 22.3 Å². The highest BCUT2D eigenvalue weighted by Crippen LogP contribution is 2.30. The smallest absolute Gasteiger partial charge is 0.337 e. The summed E-state index contributed by atoms with van der Waals surface area (Å²) in [4.78, 5) is 27.8. The van der Waals surface area contributed by atoms with E-state index in [1.54, 1.807) is 36.5 Å². The van der Waals surface area contributed by atoms with Gasteiger partial charge in [-0.2, -0.15) is 0 Å². The molecule has 2 aromatic heterocycles. The topological polar surface area (TPSA) is 68.2 Å². The van der Waals surface area contributed by atoms with E-state index in [-0.39, 0.29) is 5.82 Å². The Hall–Kier alpha value is -3.87. The standard InChI is InChI=1S/C23H19FN4O2/c1-28(14-18-5-3-4-12-25-18)22-21(15-6-9-17(24)10-7-15)26-19-11-8-16(23(29)30-2)13-20(19)27-22/h3-13H,14H2,1-2H3. The zero-order chi connectivity index (χ0) is 21.1. The number of benzene rings is 2. The Morgan fingerprint density at radius 3 is 2.53 bits per heavy atom. The minimum absolute atomic E-state index is 0.321. The van der Waals surface area contributed by atoms with Gasteiger partial charge in [0.1, 0.15) is 11.5 Å². The highest BCUT2D eigenvalue weighted by molar-refractivity contribution is 5.94. The summed E-state index contributed by atoms with van der Waals surface area (Å²) in [7, 11) is 3.23. The molecule has 150 valence electrons.